The first-order chi connectivity index (χ1) is 16.9. The lowest BCUT2D eigenvalue weighted by Gasteiger charge is -2.23. The van der Waals surface area contributed by atoms with E-state index in [1.165, 1.54) is 41.0 Å². The van der Waals surface area contributed by atoms with E-state index in [9.17, 15) is 18.3 Å². The number of anilines is 1. The average Bonchev–Trinajstić information content (AvgIpc) is 3.53. The van der Waals surface area contributed by atoms with E-state index in [4.69, 9.17) is 4.74 Å². The summed E-state index contributed by atoms with van der Waals surface area (Å²) in [6.07, 6.45) is 1.00. The topological polar surface area (TPSA) is 109 Å². The van der Waals surface area contributed by atoms with Crippen molar-refractivity contribution in [2.75, 3.05) is 19.0 Å². The zero-order valence-electron chi connectivity index (χ0n) is 18.8. The number of para-hydroxylation sites is 1. The number of hydrogen-bond acceptors (Lipinski definition) is 7. The van der Waals surface area contributed by atoms with Crippen molar-refractivity contribution >= 4 is 43.2 Å². The summed E-state index contributed by atoms with van der Waals surface area (Å²) in [5.41, 5.74) is 1.78. The van der Waals surface area contributed by atoms with Gasteiger partial charge in [0.2, 0.25) is 15.9 Å². The lowest BCUT2D eigenvalue weighted by Crippen LogP contribution is -2.43. The molecule has 4 aromatic rings. The fourth-order valence-corrected chi connectivity index (χ4v) is 6.82. The van der Waals surface area contributed by atoms with E-state index >= 15 is 0 Å². The molecule has 1 aromatic heterocycles. The summed E-state index contributed by atoms with van der Waals surface area (Å²) in [5.74, 6) is 0.183. The number of aromatic hydroxyl groups is 1. The summed E-state index contributed by atoms with van der Waals surface area (Å²) in [6.45, 7) is 0.263. The summed E-state index contributed by atoms with van der Waals surface area (Å²) in [7, 11) is -2.34. The summed E-state index contributed by atoms with van der Waals surface area (Å²) in [4.78, 5) is 17.9. The van der Waals surface area contributed by atoms with Gasteiger partial charge in [-0.15, -0.1) is 11.3 Å². The normalized spacial score (nSPS) is 16.4. The molecule has 0 aliphatic carbocycles. The fourth-order valence-electron chi connectivity index (χ4n) is 4.17. The van der Waals surface area contributed by atoms with E-state index in [-0.39, 0.29) is 17.2 Å². The van der Waals surface area contributed by atoms with Gasteiger partial charge in [-0.25, -0.2) is 13.4 Å². The Balaban J connectivity index is 1.38. The van der Waals surface area contributed by atoms with Crippen LogP contribution in [0, 0.1) is 0 Å². The molecule has 1 saturated heterocycles. The first-order valence-electron chi connectivity index (χ1n) is 11.0. The highest BCUT2D eigenvalue weighted by Gasteiger charge is 2.39. The van der Waals surface area contributed by atoms with Gasteiger partial charge < -0.3 is 15.2 Å². The van der Waals surface area contributed by atoms with Gasteiger partial charge >= 0.3 is 0 Å². The van der Waals surface area contributed by atoms with Crippen molar-refractivity contribution in [3.8, 4) is 22.1 Å². The SMILES string of the molecule is COc1ccc(S(=O)(=O)N2CCCC2C(=O)Nc2ccc(O)c(-c3nc4ccccc4s3)c2)cc1. The molecule has 1 aliphatic rings. The predicted octanol–water partition coefficient (Wildman–Crippen LogP) is 4.47. The number of benzene rings is 3. The summed E-state index contributed by atoms with van der Waals surface area (Å²) in [5, 5.41) is 13.9. The number of nitrogens with one attached hydrogen (secondary N) is 1. The molecule has 2 N–H and O–H groups in total. The number of phenols is 1. The van der Waals surface area contributed by atoms with E-state index in [0.717, 1.165) is 10.2 Å². The first kappa shape index (κ1) is 23.3. The Morgan fingerprint density at radius 2 is 1.91 bits per heavy atom. The Bertz CT molecular complexity index is 1470. The Morgan fingerprint density at radius 3 is 2.66 bits per heavy atom. The number of carbonyl (C=O) groups is 1. The highest BCUT2D eigenvalue weighted by atomic mass is 32.2. The number of ether oxygens (including phenoxy) is 1. The molecule has 1 aliphatic heterocycles. The number of fused-ring (bicyclic) bond motifs is 1. The molecule has 35 heavy (non-hydrogen) atoms. The molecule has 8 nitrogen and oxygen atoms in total. The number of hydrogen-bond donors (Lipinski definition) is 2. The highest BCUT2D eigenvalue weighted by Crippen LogP contribution is 2.37. The van der Waals surface area contributed by atoms with Gasteiger partial charge in [0.15, 0.2) is 0 Å². The number of thiazole rings is 1. The van der Waals surface area contributed by atoms with Crippen LogP contribution in [0.25, 0.3) is 20.8 Å². The number of nitrogens with zero attached hydrogens (tertiary/aromatic N) is 2. The summed E-state index contributed by atoms with van der Waals surface area (Å²) in [6, 6.07) is 17.7. The second-order valence-corrected chi connectivity index (χ2v) is 11.1. The fraction of sp³-hybridized carbons (Fsp3) is 0.200. The molecule has 1 atom stereocenters. The molecule has 2 heterocycles. The van der Waals surface area contributed by atoms with Gasteiger partial charge in [0, 0.05) is 12.2 Å². The van der Waals surface area contributed by atoms with Crippen LogP contribution in [0.3, 0.4) is 0 Å². The van der Waals surface area contributed by atoms with Crippen molar-refractivity contribution in [1.82, 2.24) is 9.29 Å². The Labute approximate surface area is 206 Å². The Hall–Kier alpha value is -3.47. The molecule has 0 bridgehead atoms. The zero-order chi connectivity index (χ0) is 24.6. The molecule has 1 fully saturated rings. The maximum absolute atomic E-state index is 13.2. The van der Waals surface area contributed by atoms with E-state index in [2.05, 4.69) is 10.3 Å². The van der Waals surface area contributed by atoms with Gasteiger partial charge in [0.1, 0.15) is 22.5 Å². The van der Waals surface area contributed by atoms with Crippen LogP contribution in [-0.4, -0.2) is 48.4 Å². The number of carbonyl (C=O) groups excluding carboxylic acids is 1. The van der Waals surface area contributed by atoms with Crippen LogP contribution in [0.1, 0.15) is 12.8 Å². The lowest BCUT2D eigenvalue weighted by atomic mass is 10.1. The largest absolute Gasteiger partial charge is 0.507 e. The van der Waals surface area contributed by atoms with Crippen molar-refractivity contribution in [2.45, 2.75) is 23.8 Å². The number of phenolic OH excluding ortho intramolecular Hbond substituents is 1. The van der Waals surface area contributed by atoms with E-state index in [0.29, 0.717) is 34.8 Å². The minimum atomic E-state index is -3.85. The van der Waals surface area contributed by atoms with Crippen LogP contribution < -0.4 is 10.1 Å². The third-order valence-corrected chi connectivity index (χ3v) is 8.95. The van der Waals surface area contributed by atoms with Gasteiger partial charge in [-0.3, -0.25) is 4.79 Å². The third kappa shape index (κ3) is 4.47. The molecule has 1 unspecified atom stereocenters. The molecule has 180 valence electrons. The third-order valence-electron chi connectivity index (χ3n) is 5.96. The van der Waals surface area contributed by atoms with Gasteiger partial charge in [-0.05, 0) is 67.4 Å². The van der Waals surface area contributed by atoms with Crippen molar-refractivity contribution in [3.63, 3.8) is 0 Å². The van der Waals surface area contributed by atoms with Crippen LogP contribution in [-0.2, 0) is 14.8 Å². The first-order valence-corrected chi connectivity index (χ1v) is 13.3. The number of sulfonamides is 1. The predicted molar refractivity (Wildman–Crippen MR) is 135 cm³/mol. The monoisotopic (exact) mass is 509 g/mol. The molecular weight excluding hydrogens is 486 g/mol. The molecule has 0 spiro atoms. The van der Waals surface area contributed by atoms with Crippen LogP contribution in [0.5, 0.6) is 11.5 Å². The van der Waals surface area contributed by atoms with Crippen molar-refractivity contribution < 1.29 is 23.1 Å². The smallest absolute Gasteiger partial charge is 0.243 e. The Kier molecular flexibility index (Phi) is 6.18. The summed E-state index contributed by atoms with van der Waals surface area (Å²) >= 11 is 1.44. The number of rotatable bonds is 6. The lowest BCUT2D eigenvalue weighted by molar-refractivity contribution is -0.119. The van der Waals surface area contributed by atoms with Crippen LogP contribution in [0.4, 0.5) is 5.69 Å². The van der Waals surface area contributed by atoms with Gasteiger partial charge in [0.05, 0.1) is 27.8 Å². The summed E-state index contributed by atoms with van der Waals surface area (Å²) < 4.78 is 33.8. The van der Waals surface area contributed by atoms with E-state index in [1.54, 1.807) is 24.3 Å². The van der Waals surface area contributed by atoms with Gasteiger partial charge in [0.25, 0.3) is 0 Å². The number of aromatic nitrogens is 1. The van der Waals surface area contributed by atoms with Crippen molar-refractivity contribution in [2.24, 2.45) is 0 Å². The molecular formula is C25H23N3O5S2. The molecule has 5 rings (SSSR count). The quantitative estimate of drug-likeness (QED) is 0.371. The molecule has 0 saturated carbocycles. The van der Waals surface area contributed by atoms with Crippen molar-refractivity contribution in [3.05, 3.63) is 66.7 Å². The van der Waals surface area contributed by atoms with Crippen LogP contribution in [0.15, 0.2) is 71.6 Å². The maximum atomic E-state index is 13.2. The molecule has 3 aromatic carbocycles. The number of methoxy groups -OCH3 is 1. The van der Waals surface area contributed by atoms with Crippen molar-refractivity contribution in [1.29, 1.82) is 0 Å². The molecule has 0 radical (unpaired) electrons. The van der Waals surface area contributed by atoms with E-state index in [1.807, 2.05) is 24.3 Å². The second kappa shape index (κ2) is 9.29. The minimum Gasteiger partial charge on any atom is -0.507 e. The van der Waals surface area contributed by atoms with Gasteiger partial charge in [-0.1, -0.05) is 12.1 Å². The zero-order valence-corrected chi connectivity index (χ0v) is 20.5. The average molecular weight is 510 g/mol. The molecule has 10 heteroatoms. The van der Waals surface area contributed by atoms with Gasteiger partial charge in [-0.2, -0.15) is 4.31 Å². The van der Waals surface area contributed by atoms with Crippen LogP contribution >= 0.6 is 11.3 Å². The van der Waals surface area contributed by atoms with E-state index < -0.39 is 22.0 Å². The second-order valence-electron chi connectivity index (χ2n) is 8.16. The van der Waals surface area contributed by atoms with Crippen LogP contribution in [0.2, 0.25) is 0 Å². The molecule has 1 amide bonds. The minimum absolute atomic E-state index is 0.0478. The number of amides is 1. The standard InChI is InChI=1S/C25H23N3O5S2/c1-33-17-9-11-18(12-10-17)35(31,32)28-14-4-6-21(28)24(30)26-16-8-13-22(29)19(15-16)25-27-20-5-2-3-7-23(20)34-25/h2-3,5,7-13,15,21,29H,4,6,14H2,1H3,(H,26,30). The maximum Gasteiger partial charge on any atom is 0.243 e. The highest BCUT2D eigenvalue weighted by molar-refractivity contribution is 7.89. The Morgan fingerprint density at radius 1 is 1.14 bits per heavy atom.